The molecule has 0 unspecified atom stereocenters. The molecule has 0 N–H and O–H groups in total. The normalized spacial score (nSPS) is 11.7. The molecule has 5 aromatic rings. The highest BCUT2D eigenvalue weighted by Crippen LogP contribution is 2.31. The van der Waals surface area contributed by atoms with Crippen LogP contribution in [0.25, 0.3) is 43.1 Å². The van der Waals surface area contributed by atoms with Crippen molar-refractivity contribution in [1.82, 2.24) is 0 Å². The molecule has 0 saturated carbocycles. The van der Waals surface area contributed by atoms with Gasteiger partial charge >= 0.3 is 0 Å². The fourth-order valence-electron chi connectivity index (χ4n) is 3.41. The first kappa shape index (κ1) is 13.1. The van der Waals surface area contributed by atoms with Gasteiger partial charge in [-0.25, -0.2) is 0 Å². The molecular weight excluding hydrogens is 344 g/mol. The minimum absolute atomic E-state index is 1.12. The van der Waals surface area contributed by atoms with Crippen molar-refractivity contribution in [2.45, 2.75) is 0 Å². The summed E-state index contributed by atoms with van der Waals surface area (Å²) in [5.74, 6) is 0. The van der Waals surface area contributed by atoms with E-state index in [-0.39, 0.29) is 0 Å². The third-order valence-electron chi connectivity index (χ3n) is 4.58. The van der Waals surface area contributed by atoms with Crippen LogP contribution in [0.15, 0.2) is 83.3 Å². The van der Waals surface area contributed by atoms with E-state index < -0.39 is 0 Å². The van der Waals surface area contributed by atoms with Crippen LogP contribution in [0.3, 0.4) is 0 Å². The second-order valence-electron chi connectivity index (χ2n) is 6.09. The van der Waals surface area contributed by atoms with Crippen LogP contribution in [0.5, 0.6) is 0 Å². The average Bonchev–Trinajstić information content (AvgIpc) is 2.56. The highest BCUT2D eigenvalue weighted by Gasteiger charge is 2.03. The van der Waals surface area contributed by atoms with Gasteiger partial charge in [0.2, 0.25) is 0 Å². The summed E-state index contributed by atoms with van der Waals surface area (Å²) in [7, 11) is 0. The van der Waals surface area contributed by atoms with Crippen LogP contribution in [-0.4, -0.2) is 0 Å². The zero-order valence-electron chi connectivity index (χ0n) is 12.4. The molecule has 0 radical (unpaired) electrons. The van der Waals surface area contributed by atoms with Crippen molar-refractivity contribution < 1.29 is 0 Å². The van der Waals surface area contributed by atoms with Gasteiger partial charge in [-0.2, -0.15) is 0 Å². The van der Waals surface area contributed by atoms with Gasteiger partial charge in [0.25, 0.3) is 0 Å². The number of hydrogen-bond donors (Lipinski definition) is 0. The standard InChI is InChI=1S/C22H13Br/c23-22-6-5-16-9-19-10-17-7-14-3-1-2-4-15(14)8-18(17)11-20(19)12-21(16)13-22/h1-13H. The summed E-state index contributed by atoms with van der Waals surface area (Å²) in [6.45, 7) is 0. The van der Waals surface area contributed by atoms with E-state index >= 15 is 0 Å². The molecule has 0 aromatic heterocycles. The largest absolute Gasteiger partial charge is 0.0616 e. The Bertz CT molecular complexity index is 1220. The Kier molecular flexibility index (Phi) is 2.74. The third kappa shape index (κ3) is 2.12. The zero-order chi connectivity index (χ0) is 15.4. The van der Waals surface area contributed by atoms with E-state index in [2.05, 4.69) is 94.8 Å². The molecule has 0 atom stereocenters. The molecule has 5 rings (SSSR count). The first-order valence-electron chi connectivity index (χ1n) is 7.72. The molecule has 0 nitrogen and oxygen atoms in total. The van der Waals surface area contributed by atoms with Gasteiger partial charge in [0, 0.05) is 4.47 Å². The highest BCUT2D eigenvalue weighted by molar-refractivity contribution is 9.10. The maximum Gasteiger partial charge on any atom is 0.0181 e. The molecule has 23 heavy (non-hydrogen) atoms. The maximum absolute atomic E-state index is 3.56. The van der Waals surface area contributed by atoms with Crippen molar-refractivity contribution in [3.05, 3.63) is 83.3 Å². The van der Waals surface area contributed by atoms with Gasteiger partial charge in [-0.3, -0.25) is 0 Å². The molecule has 0 fully saturated rings. The van der Waals surface area contributed by atoms with Crippen molar-refractivity contribution in [2.75, 3.05) is 0 Å². The molecule has 0 heterocycles. The first-order valence-corrected chi connectivity index (χ1v) is 8.51. The number of fused-ring (bicyclic) bond motifs is 4. The van der Waals surface area contributed by atoms with E-state index in [4.69, 9.17) is 0 Å². The lowest BCUT2D eigenvalue weighted by Crippen LogP contribution is -1.80. The van der Waals surface area contributed by atoms with Gasteiger partial charge in [-0.1, -0.05) is 46.3 Å². The summed E-state index contributed by atoms with van der Waals surface area (Å²) in [6.07, 6.45) is 0. The summed E-state index contributed by atoms with van der Waals surface area (Å²) in [5, 5.41) is 10.3. The Balaban J connectivity index is 1.90. The molecule has 5 aromatic carbocycles. The summed E-state index contributed by atoms with van der Waals surface area (Å²) in [5.41, 5.74) is 0. The minimum atomic E-state index is 1.12. The van der Waals surface area contributed by atoms with Gasteiger partial charge in [-0.15, -0.1) is 0 Å². The quantitative estimate of drug-likeness (QED) is 0.260. The van der Waals surface area contributed by atoms with Crippen molar-refractivity contribution in [2.24, 2.45) is 0 Å². The Morgan fingerprint density at radius 3 is 1.30 bits per heavy atom. The Morgan fingerprint density at radius 1 is 0.391 bits per heavy atom. The molecule has 0 aliphatic carbocycles. The Morgan fingerprint density at radius 2 is 0.783 bits per heavy atom. The van der Waals surface area contributed by atoms with Crippen molar-refractivity contribution >= 4 is 59.0 Å². The molecule has 0 aliphatic heterocycles. The second kappa shape index (κ2) is 4.81. The highest BCUT2D eigenvalue weighted by atomic mass is 79.9. The summed E-state index contributed by atoms with van der Waals surface area (Å²) in [4.78, 5) is 0. The van der Waals surface area contributed by atoms with Crippen molar-refractivity contribution in [3.63, 3.8) is 0 Å². The van der Waals surface area contributed by atoms with Crippen LogP contribution in [0.4, 0.5) is 0 Å². The van der Waals surface area contributed by atoms with Gasteiger partial charge < -0.3 is 0 Å². The molecule has 0 spiro atoms. The monoisotopic (exact) mass is 356 g/mol. The molecular formula is C22H13Br. The van der Waals surface area contributed by atoms with Crippen molar-refractivity contribution in [1.29, 1.82) is 0 Å². The van der Waals surface area contributed by atoms with Crippen LogP contribution in [-0.2, 0) is 0 Å². The fraction of sp³-hybridized carbons (Fsp3) is 0. The van der Waals surface area contributed by atoms with Crippen molar-refractivity contribution in [3.8, 4) is 0 Å². The van der Waals surface area contributed by atoms with E-state index in [9.17, 15) is 0 Å². The van der Waals surface area contributed by atoms with E-state index in [1.807, 2.05) is 0 Å². The maximum atomic E-state index is 3.56. The number of halogens is 1. The molecule has 0 bridgehead atoms. The summed E-state index contributed by atoms with van der Waals surface area (Å²) < 4.78 is 1.12. The van der Waals surface area contributed by atoms with Crippen LogP contribution in [0.1, 0.15) is 0 Å². The lowest BCUT2D eigenvalue weighted by Gasteiger charge is -2.07. The minimum Gasteiger partial charge on any atom is -0.0616 e. The molecule has 0 amide bonds. The lowest BCUT2D eigenvalue weighted by molar-refractivity contribution is 1.73. The SMILES string of the molecule is Brc1ccc2cc3cc4cc5ccccc5cc4cc3cc2c1. The van der Waals surface area contributed by atoms with E-state index in [0.29, 0.717) is 0 Å². The average molecular weight is 357 g/mol. The molecule has 0 saturated heterocycles. The van der Waals surface area contributed by atoms with Crippen LogP contribution in [0.2, 0.25) is 0 Å². The predicted molar refractivity (Wildman–Crippen MR) is 104 cm³/mol. The van der Waals surface area contributed by atoms with Crippen LogP contribution in [0, 0.1) is 0 Å². The molecule has 1 heteroatoms. The Labute approximate surface area is 142 Å². The number of benzene rings is 5. The number of rotatable bonds is 0. The third-order valence-corrected chi connectivity index (χ3v) is 5.07. The predicted octanol–water partition coefficient (Wildman–Crippen LogP) is 7.06. The topological polar surface area (TPSA) is 0 Å². The summed E-state index contributed by atoms with van der Waals surface area (Å²) >= 11 is 3.56. The first-order chi connectivity index (χ1) is 11.3. The van der Waals surface area contributed by atoms with Gasteiger partial charge in [0.1, 0.15) is 0 Å². The summed E-state index contributed by atoms with van der Waals surface area (Å²) in [6, 6.07) is 28.7. The van der Waals surface area contributed by atoms with Crippen LogP contribution < -0.4 is 0 Å². The zero-order valence-corrected chi connectivity index (χ0v) is 14.0. The van der Waals surface area contributed by atoms with Gasteiger partial charge in [-0.05, 0) is 91.6 Å². The second-order valence-corrected chi connectivity index (χ2v) is 7.01. The fourth-order valence-corrected chi connectivity index (χ4v) is 3.79. The molecule has 0 aliphatic rings. The van der Waals surface area contributed by atoms with Crippen LogP contribution >= 0.6 is 15.9 Å². The van der Waals surface area contributed by atoms with Gasteiger partial charge in [0.05, 0.1) is 0 Å². The van der Waals surface area contributed by atoms with E-state index in [0.717, 1.165) is 4.47 Å². The lowest BCUT2D eigenvalue weighted by atomic mass is 9.97. The van der Waals surface area contributed by atoms with E-state index in [1.165, 1.54) is 43.1 Å². The molecule has 108 valence electrons. The smallest absolute Gasteiger partial charge is 0.0181 e. The number of hydrogen-bond acceptors (Lipinski definition) is 0. The van der Waals surface area contributed by atoms with E-state index in [1.54, 1.807) is 0 Å². The van der Waals surface area contributed by atoms with Gasteiger partial charge in [0.15, 0.2) is 0 Å². The Hall–Kier alpha value is -2.38.